The Morgan fingerprint density at radius 3 is 2.77 bits per heavy atom. The van der Waals surface area contributed by atoms with Crippen LogP contribution >= 0.6 is 46.5 Å². The fourth-order valence-electron chi connectivity index (χ4n) is 1.49. The first-order valence-electron chi connectivity index (χ1n) is 6.78. The fraction of sp³-hybridized carbons (Fsp3) is 0.357. The summed E-state index contributed by atoms with van der Waals surface area (Å²) in [6.07, 6.45) is 1.08. The fourth-order valence-corrected chi connectivity index (χ4v) is 4.16. The third-order valence-electron chi connectivity index (χ3n) is 2.56. The lowest BCUT2D eigenvalue weighted by Crippen LogP contribution is -2.22. The predicted octanol–water partition coefficient (Wildman–Crippen LogP) is 4.81. The maximum atomic E-state index is 12.2. The number of aromatic nitrogens is 2. The summed E-state index contributed by atoms with van der Waals surface area (Å²) < 4.78 is 0.884. The molecule has 0 aliphatic rings. The highest BCUT2D eigenvalue weighted by atomic mass is 35.5. The molecule has 0 saturated carbocycles. The number of hydrogen-bond donors (Lipinski definition) is 1. The van der Waals surface area contributed by atoms with Crippen LogP contribution in [0.25, 0.3) is 0 Å². The van der Waals surface area contributed by atoms with Gasteiger partial charge >= 0.3 is 0 Å². The van der Waals surface area contributed by atoms with Crippen molar-refractivity contribution in [3.05, 3.63) is 29.3 Å². The SMILES string of the molecule is CCCSc1nnc(NC(=O)[C@H](C)Sc2ccc(Cl)cc2)s1. The number of benzene rings is 1. The molecular weight excluding hydrogens is 358 g/mol. The molecule has 1 amide bonds. The van der Waals surface area contributed by atoms with Crippen LogP contribution in [0.5, 0.6) is 0 Å². The highest BCUT2D eigenvalue weighted by Gasteiger charge is 2.16. The normalized spacial score (nSPS) is 12.1. The van der Waals surface area contributed by atoms with Gasteiger partial charge in [-0.2, -0.15) is 0 Å². The summed E-state index contributed by atoms with van der Waals surface area (Å²) in [4.78, 5) is 13.2. The van der Waals surface area contributed by atoms with Crippen molar-refractivity contribution in [1.82, 2.24) is 10.2 Å². The van der Waals surface area contributed by atoms with E-state index in [1.165, 1.54) is 23.1 Å². The van der Waals surface area contributed by atoms with E-state index in [-0.39, 0.29) is 11.2 Å². The Kier molecular flexibility index (Phi) is 7.01. The van der Waals surface area contributed by atoms with Gasteiger partial charge in [0.25, 0.3) is 0 Å². The maximum absolute atomic E-state index is 12.2. The van der Waals surface area contributed by atoms with Crippen LogP contribution in [0.15, 0.2) is 33.5 Å². The molecule has 0 saturated heterocycles. The van der Waals surface area contributed by atoms with Crippen molar-refractivity contribution < 1.29 is 4.79 Å². The summed E-state index contributed by atoms with van der Waals surface area (Å²) in [6, 6.07) is 7.44. The van der Waals surface area contributed by atoms with Gasteiger partial charge in [-0.05, 0) is 37.6 Å². The van der Waals surface area contributed by atoms with E-state index < -0.39 is 0 Å². The molecule has 0 fully saturated rings. The first-order chi connectivity index (χ1) is 10.6. The van der Waals surface area contributed by atoms with Crippen molar-refractivity contribution in [1.29, 1.82) is 0 Å². The van der Waals surface area contributed by atoms with E-state index >= 15 is 0 Å². The Morgan fingerprint density at radius 1 is 1.36 bits per heavy atom. The van der Waals surface area contributed by atoms with Crippen LogP contribution in [0.1, 0.15) is 20.3 Å². The molecule has 0 bridgehead atoms. The molecule has 0 spiro atoms. The zero-order valence-electron chi connectivity index (χ0n) is 12.2. The number of nitrogens with one attached hydrogen (secondary N) is 1. The van der Waals surface area contributed by atoms with Gasteiger partial charge in [-0.1, -0.05) is 41.6 Å². The summed E-state index contributed by atoms with van der Waals surface area (Å²) in [5.41, 5.74) is 0. The zero-order valence-corrected chi connectivity index (χ0v) is 15.4. The Hall–Kier alpha value is -0.760. The zero-order chi connectivity index (χ0) is 15.9. The lowest BCUT2D eigenvalue weighted by molar-refractivity contribution is -0.115. The lowest BCUT2D eigenvalue weighted by Gasteiger charge is -2.10. The molecule has 4 nitrogen and oxygen atoms in total. The molecular formula is C14H16ClN3OS3. The Morgan fingerprint density at radius 2 is 2.09 bits per heavy atom. The van der Waals surface area contributed by atoms with Crippen molar-refractivity contribution in [3.63, 3.8) is 0 Å². The second-order valence-electron chi connectivity index (χ2n) is 4.42. The molecule has 1 aromatic carbocycles. The summed E-state index contributed by atoms with van der Waals surface area (Å²) in [7, 11) is 0. The van der Waals surface area contributed by atoms with Crippen molar-refractivity contribution in [2.75, 3.05) is 11.1 Å². The van der Waals surface area contributed by atoms with Crippen LogP contribution in [0.2, 0.25) is 5.02 Å². The van der Waals surface area contributed by atoms with Gasteiger partial charge in [0.05, 0.1) is 5.25 Å². The Labute approximate surface area is 147 Å². The van der Waals surface area contributed by atoms with Gasteiger partial charge in [0.2, 0.25) is 11.0 Å². The Balaban J connectivity index is 1.88. The number of hydrogen-bond acceptors (Lipinski definition) is 6. The molecule has 0 aliphatic carbocycles. The first-order valence-corrected chi connectivity index (χ1v) is 9.84. The maximum Gasteiger partial charge on any atom is 0.239 e. The monoisotopic (exact) mass is 373 g/mol. The van der Waals surface area contributed by atoms with Gasteiger partial charge in [0, 0.05) is 15.7 Å². The van der Waals surface area contributed by atoms with E-state index in [0.717, 1.165) is 21.4 Å². The number of carbonyl (C=O) groups excluding carboxylic acids is 1. The molecule has 0 unspecified atom stereocenters. The molecule has 2 aromatic rings. The quantitative estimate of drug-likeness (QED) is 0.557. The minimum Gasteiger partial charge on any atom is -0.300 e. The van der Waals surface area contributed by atoms with Crippen LogP contribution in [0, 0.1) is 0 Å². The second kappa shape index (κ2) is 8.76. The molecule has 0 aliphatic heterocycles. The number of amides is 1. The summed E-state index contributed by atoms with van der Waals surface area (Å²) in [5, 5.41) is 11.9. The number of anilines is 1. The third-order valence-corrected chi connectivity index (χ3v) is 6.10. The number of thioether (sulfide) groups is 2. The minimum absolute atomic E-state index is 0.0804. The molecule has 1 heterocycles. The third kappa shape index (κ3) is 5.46. The summed E-state index contributed by atoms with van der Waals surface area (Å²) in [6.45, 7) is 3.98. The number of carbonyl (C=O) groups is 1. The van der Waals surface area contributed by atoms with Crippen LogP contribution in [-0.4, -0.2) is 27.1 Å². The van der Waals surface area contributed by atoms with Crippen molar-refractivity contribution in [2.45, 2.75) is 34.8 Å². The standard InChI is InChI=1S/C14H16ClN3OS3/c1-3-8-20-14-18-17-13(22-14)16-12(19)9(2)21-11-6-4-10(15)5-7-11/h4-7,9H,3,8H2,1-2H3,(H,16,17,19)/t9-/m0/s1. The molecule has 118 valence electrons. The Bertz CT molecular complexity index is 618. The van der Waals surface area contributed by atoms with E-state index in [9.17, 15) is 4.79 Å². The van der Waals surface area contributed by atoms with E-state index in [2.05, 4.69) is 22.4 Å². The molecule has 2 rings (SSSR count). The van der Waals surface area contributed by atoms with Crippen LogP contribution in [0.3, 0.4) is 0 Å². The largest absolute Gasteiger partial charge is 0.300 e. The number of halogens is 1. The van der Waals surface area contributed by atoms with E-state index in [1.54, 1.807) is 11.8 Å². The van der Waals surface area contributed by atoms with Gasteiger partial charge in [0.15, 0.2) is 4.34 Å². The summed E-state index contributed by atoms with van der Waals surface area (Å²) >= 11 is 10.4. The van der Waals surface area contributed by atoms with Crippen LogP contribution in [-0.2, 0) is 4.79 Å². The smallest absolute Gasteiger partial charge is 0.239 e. The van der Waals surface area contributed by atoms with Crippen molar-refractivity contribution in [2.24, 2.45) is 0 Å². The number of nitrogens with zero attached hydrogens (tertiary/aromatic N) is 2. The minimum atomic E-state index is -0.225. The van der Waals surface area contributed by atoms with E-state index in [4.69, 9.17) is 11.6 Å². The average Bonchev–Trinajstić information content (AvgIpc) is 2.95. The molecule has 1 atom stereocenters. The van der Waals surface area contributed by atoms with Gasteiger partial charge < -0.3 is 0 Å². The molecule has 8 heteroatoms. The van der Waals surface area contributed by atoms with Crippen LogP contribution < -0.4 is 5.32 Å². The highest BCUT2D eigenvalue weighted by Crippen LogP contribution is 2.28. The topological polar surface area (TPSA) is 54.9 Å². The van der Waals surface area contributed by atoms with Gasteiger partial charge in [-0.15, -0.1) is 22.0 Å². The molecule has 1 N–H and O–H groups in total. The lowest BCUT2D eigenvalue weighted by atomic mass is 10.4. The van der Waals surface area contributed by atoms with Crippen molar-refractivity contribution in [3.8, 4) is 0 Å². The first kappa shape index (κ1) is 17.6. The average molecular weight is 374 g/mol. The van der Waals surface area contributed by atoms with Crippen molar-refractivity contribution >= 4 is 57.5 Å². The van der Waals surface area contributed by atoms with E-state index in [1.807, 2.05) is 31.2 Å². The summed E-state index contributed by atoms with van der Waals surface area (Å²) in [5.74, 6) is 0.925. The van der Waals surface area contributed by atoms with E-state index in [0.29, 0.717) is 10.2 Å². The molecule has 1 aromatic heterocycles. The molecule has 0 radical (unpaired) electrons. The number of rotatable bonds is 7. The van der Waals surface area contributed by atoms with Crippen LogP contribution in [0.4, 0.5) is 5.13 Å². The van der Waals surface area contributed by atoms with Gasteiger partial charge in [-0.3, -0.25) is 10.1 Å². The second-order valence-corrected chi connectivity index (χ2v) is 8.60. The highest BCUT2D eigenvalue weighted by molar-refractivity contribution is 8.01. The van der Waals surface area contributed by atoms with Gasteiger partial charge in [0.1, 0.15) is 0 Å². The predicted molar refractivity (Wildman–Crippen MR) is 96.3 cm³/mol. The molecule has 22 heavy (non-hydrogen) atoms. The van der Waals surface area contributed by atoms with Gasteiger partial charge in [-0.25, -0.2) is 0 Å².